The molecule has 3 atom stereocenters. The van der Waals surface area contributed by atoms with Crippen molar-refractivity contribution in [2.75, 3.05) is 26.2 Å². The van der Waals surface area contributed by atoms with Crippen molar-refractivity contribution in [2.24, 2.45) is 17.1 Å². The molecule has 0 aliphatic carbocycles. The highest BCUT2D eigenvalue weighted by molar-refractivity contribution is 4.88. The van der Waals surface area contributed by atoms with Crippen LogP contribution < -0.4 is 5.73 Å². The smallest absolute Gasteiger partial charge is 0.0589 e. The summed E-state index contributed by atoms with van der Waals surface area (Å²) in [5, 5.41) is 9.38. The van der Waals surface area contributed by atoms with E-state index in [0.29, 0.717) is 12.0 Å². The van der Waals surface area contributed by atoms with Crippen molar-refractivity contribution in [1.82, 2.24) is 4.90 Å². The molecule has 1 aliphatic rings. The lowest BCUT2D eigenvalue weighted by Crippen LogP contribution is -2.44. The number of likely N-dealkylation sites (tertiary alicyclic amines) is 1. The first-order valence-electron chi connectivity index (χ1n) is 6.11. The fourth-order valence-electron chi connectivity index (χ4n) is 2.39. The van der Waals surface area contributed by atoms with Crippen LogP contribution in [0.15, 0.2) is 0 Å². The molecule has 3 nitrogen and oxygen atoms in total. The standard InChI is InChI=1S/C12H26N2O/c1-4-12(3,8-13)9-14-6-5-10(2)11(14)7-15/h10-11,15H,4-9,13H2,1-3H3. The van der Waals surface area contributed by atoms with Crippen LogP contribution in [-0.4, -0.2) is 42.3 Å². The lowest BCUT2D eigenvalue weighted by molar-refractivity contribution is 0.0972. The highest BCUT2D eigenvalue weighted by Crippen LogP contribution is 2.29. The first kappa shape index (κ1) is 12.9. The Balaban J connectivity index is 2.57. The van der Waals surface area contributed by atoms with E-state index in [4.69, 9.17) is 5.73 Å². The zero-order valence-corrected chi connectivity index (χ0v) is 10.4. The average Bonchev–Trinajstić information content (AvgIpc) is 2.59. The maximum atomic E-state index is 9.38. The van der Waals surface area contributed by atoms with Crippen molar-refractivity contribution in [3.63, 3.8) is 0 Å². The third-order valence-corrected chi connectivity index (χ3v) is 4.12. The van der Waals surface area contributed by atoms with Crippen molar-refractivity contribution in [1.29, 1.82) is 0 Å². The van der Waals surface area contributed by atoms with Crippen LogP contribution in [0, 0.1) is 11.3 Å². The number of nitrogens with zero attached hydrogens (tertiary/aromatic N) is 1. The predicted molar refractivity (Wildman–Crippen MR) is 63.7 cm³/mol. The molecule has 0 bridgehead atoms. The van der Waals surface area contributed by atoms with E-state index in [9.17, 15) is 5.11 Å². The third kappa shape index (κ3) is 2.92. The van der Waals surface area contributed by atoms with Crippen molar-refractivity contribution in [2.45, 2.75) is 39.7 Å². The molecule has 0 aromatic carbocycles. The maximum Gasteiger partial charge on any atom is 0.0589 e. The predicted octanol–water partition coefficient (Wildman–Crippen LogP) is 1.06. The normalized spacial score (nSPS) is 31.8. The Morgan fingerprint density at radius 3 is 2.67 bits per heavy atom. The largest absolute Gasteiger partial charge is 0.395 e. The summed E-state index contributed by atoms with van der Waals surface area (Å²) in [6, 6.07) is 0.349. The second kappa shape index (κ2) is 5.28. The van der Waals surface area contributed by atoms with Crippen molar-refractivity contribution >= 4 is 0 Å². The van der Waals surface area contributed by atoms with E-state index in [0.717, 1.165) is 26.1 Å². The average molecular weight is 214 g/mol. The van der Waals surface area contributed by atoms with Gasteiger partial charge in [0.25, 0.3) is 0 Å². The second-order valence-electron chi connectivity index (χ2n) is 5.35. The van der Waals surface area contributed by atoms with Gasteiger partial charge in [0.05, 0.1) is 6.61 Å². The minimum Gasteiger partial charge on any atom is -0.395 e. The van der Waals surface area contributed by atoms with Gasteiger partial charge >= 0.3 is 0 Å². The van der Waals surface area contributed by atoms with Gasteiger partial charge in [0, 0.05) is 12.6 Å². The number of rotatable bonds is 5. The fraction of sp³-hybridized carbons (Fsp3) is 1.00. The van der Waals surface area contributed by atoms with Gasteiger partial charge in [-0.25, -0.2) is 0 Å². The molecule has 1 fully saturated rings. The topological polar surface area (TPSA) is 49.5 Å². The van der Waals surface area contributed by atoms with E-state index >= 15 is 0 Å². The van der Waals surface area contributed by atoms with Gasteiger partial charge in [0.15, 0.2) is 0 Å². The molecule has 1 rings (SSSR count). The van der Waals surface area contributed by atoms with E-state index in [1.165, 1.54) is 6.42 Å². The van der Waals surface area contributed by atoms with Gasteiger partial charge in [-0.2, -0.15) is 0 Å². The number of hydrogen-bond donors (Lipinski definition) is 2. The van der Waals surface area contributed by atoms with Crippen LogP contribution in [0.3, 0.4) is 0 Å². The molecule has 0 aromatic heterocycles. The first-order valence-corrected chi connectivity index (χ1v) is 6.11. The van der Waals surface area contributed by atoms with E-state index < -0.39 is 0 Å². The Morgan fingerprint density at radius 1 is 1.53 bits per heavy atom. The molecule has 90 valence electrons. The van der Waals surface area contributed by atoms with Gasteiger partial charge in [-0.1, -0.05) is 20.8 Å². The molecular weight excluding hydrogens is 188 g/mol. The maximum absolute atomic E-state index is 9.38. The Morgan fingerprint density at radius 2 is 2.20 bits per heavy atom. The zero-order chi connectivity index (χ0) is 11.5. The molecule has 1 saturated heterocycles. The lowest BCUT2D eigenvalue weighted by atomic mass is 9.87. The Bertz CT molecular complexity index is 192. The number of aliphatic hydroxyl groups excluding tert-OH is 1. The lowest BCUT2D eigenvalue weighted by Gasteiger charge is -2.35. The fourth-order valence-corrected chi connectivity index (χ4v) is 2.39. The van der Waals surface area contributed by atoms with Crippen LogP contribution in [0.25, 0.3) is 0 Å². The number of hydrogen-bond acceptors (Lipinski definition) is 3. The van der Waals surface area contributed by atoms with Crippen molar-refractivity contribution < 1.29 is 5.11 Å². The highest BCUT2D eigenvalue weighted by atomic mass is 16.3. The summed E-state index contributed by atoms with van der Waals surface area (Å²) in [5.74, 6) is 0.619. The van der Waals surface area contributed by atoms with E-state index in [1.807, 2.05) is 0 Å². The quantitative estimate of drug-likeness (QED) is 0.719. The Kier molecular flexibility index (Phi) is 4.56. The summed E-state index contributed by atoms with van der Waals surface area (Å²) in [4.78, 5) is 2.42. The van der Waals surface area contributed by atoms with Gasteiger partial charge in [-0.3, -0.25) is 4.90 Å². The Hall–Kier alpha value is -0.120. The molecule has 0 aromatic rings. The van der Waals surface area contributed by atoms with Crippen LogP contribution in [-0.2, 0) is 0 Å². The summed E-state index contributed by atoms with van der Waals surface area (Å²) in [6.45, 7) is 9.81. The van der Waals surface area contributed by atoms with E-state index in [-0.39, 0.29) is 12.0 Å². The van der Waals surface area contributed by atoms with Crippen LogP contribution in [0.1, 0.15) is 33.6 Å². The van der Waals surface area contributed by atoms with E-state index in [1.54, 1.807) is 0 Å². The summed E-state index contributed by atoms with van der Waals surface area (Å²) < 4.78 is 0. The zero-order valence-electron chi connectivity index (χ0n) is 10.4. The van der Waals surface area contributed by atoms with Crippen molar-refractivity contribution in [3.8, 4) is 0 Å². The minimum atomic E-state index is 0.206. The molecule has 0 spiro atoms. The molecule has 3 unspecified atom stereocenters. The van der Waals surface area contributed by atoms with Gasteiger partial charge in [0.1, 0.15) is 0 Å². The molecule has 3 N–H and O–H groups in total. The molecule has 3 heteroatoms. The summed E-state index contributed by atoms with van der Waals surface area (Å²) >= 11 is 0. The van der Waals surface area contributed by atoms with Gasteiger partial charge < -0.3 is 10.8 Å². The molecule has 1 aliphatic heterocycles. The molecular formula is C12H26N2O. The SMILES string of the molecule is CCC(C)(CN)CN1CCC(C)C1CO. The van der Waals surface area contributed by atoms with Crippen LogP contribution >= 0.6 is 0 Å². The molecule has 0 amide bonds. The monoisotopic (exact) mass is 214 g/mol. The molecule has 0 saturated carbocycles. The van der Waals surface area contributed by atoms with Crippen LogP contribution in [0.2, 0.25) is 0 Å². The molecule has 0 radical (unpaired) electrons. The molecule has 1 heterocycles. The third-order valence-electron chi connectivity index (χ3n) is 4.12. The number of aliphatic hydroxyl groups is 1. The summed E-state index contributed by atoms with van der Waals surface area (Å²) in [6.07, 6.45) is 2.31. The van der Waals surface area contributed by atoms with Gasteiger partial charge in [-0.15, -0.1) is 0 Å². The first-order chi connectivity index (χ1) is 7.06. The van der Waals surface area contributed by atoms with E-state index in [2.05, 4.69) is 25.7 Å². The van der Waals surface area contributed by atoms with Crippen LogP contribution in [0.5, 0.6) is 0 Å². The summed E-state index contributed by atoms with van der Waals surface area (Å²) in [7, 11) is 0. The highest BCUT2D eigenvalue weighted by Gasteiger charge is 2.34. The second-order valence-corrected chi connectivity index (χ2v) is 5.35. The Labute approximate surface area is 93.6 Å². The molecule has 15 heavy (non-hydrogen) atoms. The van der Waals surface area contributed by atoms with Gasteiger partial charge in [-0.05, 0) is 37.3 Å². The number of nitrogens with two attached hydrogens (primary N) is 1. The van der Waals surface area contributed by atoms with Crippen LogP contribution in [0.4, 0.5) is 0 Å². The van der Waals surface area contributed by atoms with Gasteiger partial charge in [0.2, 0.25) is 0 Å². The van der Waals surface area contributed by atoms with Crippen molar-refractivity contribution in [3.05, 3.63) is 0 Å². The summed E-state index contributed by atoms with van der Waals surface area (Å²) in [5.41, 5.74) is 6.03. The minimum absolute atomic E-state index is 0.206.